The predicted octanol–water partition coefficient (Wildman–Crippen LogP) is 2.60. The molecule has 1 atom stereocenters. The molecule has 0 saturated carbocycles. The molecule has 4 heteroatoms. The predicted molar refractivity (Wildman–Crippen MR) is 65.2 cm³/mol. The highest BCUT2D eigenvalue weighted by atomic mass is 79.9. The standard InChI is InChI=1S/C12H11BrN2O/c13-9-3-1-2-8-11-6-14-7-15(11)10(4-5-16)12(8)9/h1-3,6-7,10,16H,4-5H2. The van der Waals surface area contributed by atoms with Gasteiger partial charge in [-0.3, -0.25) is 0 Å². The zero-order valence-corrected chi connectivity index (χ0v) is 10.2. The molecule has 0 radical (unpaired) electrons. The second-order valence-corrected chi connectivity index (χ2v) is 4.77. The third kappa shape index (κ3) is 1.26. The molecule has 3 nitrogen and oxygen atoms in total. The zero-order valence-electron chi connectivity index (χ0n) is 8.60. The summed E-state index contributed by atoms with van der Waals surface area (Å²) in [7, 11) is 0. The van der Waals surface area contributed by atoms with Crippen LogP contribution in [0, 0.1) is 0 Å². The van der Waals surface area contributed by atoms with Gasteiger partial charge in [0, 0.05) is 16.6 Å². The summed E-state index contributed by atoms with van der Waals surface area (Å²) in [6.45, 7) is 0.184. The fourth-order valence-corrected chi connectivity index (χ4v) is 3.04. The third-order valence-electron chi connectivity index (χ3n) is 3.07. The monoisotopic (exact) mass is 278 g/mol. The molecule has 0 fully saturated rings. The summed E-state index contributed by atoms with van der Waals surface area (Å²) in [5.41, 5.74) is 3.61. The van der Waals surface area contributed by atoms with E-state index < -0.39 is 0 Å². The Kier molecular flexibility index (Phi) is 2.33. The van der Waals surface area contributed by atoms with E-state index in [0.717, 1.165) is 16.6 Å². The number of hydrogen-bond acceptors (Lipinski definition) is 2. The summed E-state index contributed by atoms with van der Waals surface area (Å²) in [6, 6.07) is 6.38. The number of benzene rings is 1. The molecule has 0 amide bonds. The molecule has 2 heterocycles. The fraction of sp³-hybridized carbons (Fsp3) is 0.250. The van der Waals surface area contributed by atoms with Crippen LogP contribution in [0.4, 0.5) is 0 Å². The van der Waals surface area contributed by atoms with Crippen LogP contribution in [-0.4, -0.2) is 21.3 Å². The van der Waals surface area contributed by atoms with Crippen molar-refractivity contribution in [3.8, 4) is 11.3 Å². The van der Waals surface area contributed by atoms with Crippen LogP contribution in [0.25, 0.3) is 11.3 Å². The summed E-state index contributed by atoms with van der Waals surface area (Å²) >= 11 is 3.59. The molecule has 1 aromatic heterocycles. The highest BCUT2D eigenvalue weighted by Gasteiger charge is 2.29. The van der Waals surface area contributed by atoms with Gasteiger partial charge in [0.1, 0.15) is 0 Å². The van der Waals surface area contributed by atoms with Crippen molar-refractivity contribution in [3.63, 3.8) is 0 Å². The Labute approximate surface area is 102 Å². The van der Waals surface area contributed by atoms with E-state index in [1.165, 1.54) is 11.1 Å². The van der Waals surface area contributed by atoms with Crippen LogP contribution in [0.15, 0.2) is 35.2 Å². The lowest BCUT2D eigenvalue weighted by molar-refractivity contribution is 0.270. The first kappa shape index (κ1) is 10.1. The second kappa shape index (κ2) is 3.71. The first-order chi connectivity index (χ1) is 7.83. The number of rotatable bonds is 2. The summed E-state index contributed by atoms with van der Waals surface area (Å²) in [5.74, 6) is 0. The van der Waals surface area contributed by atoms with Crippen molar-refractivity contribution in [2.45, 2.75) is 12.5 Å². The lowest BCUT2D eigenvalue weighted by atomic mass is 10.0. The molecule has 1 aliphatic rings. The van der Waals surface area contributed by atoms with E-state index in [9.17, 15) is 0 Å². The topological polar surface area (TPSA) is 38.1 Å². The Bertz CT molecular complexity index is 536. The Balaban J connectivity index is 2.24. The second-order valence-electron chi connectivity index (χ2n) is 3.92. The van der Waals surface area contributed by atoms with Crippen LogP contribution in [0.2, 0.25) is 0 Å². The molecule has 0 spiro atoms. The molecular weight excluding hydrogens is 268 g/mol. The smallest absolute Gasteiger partial charge is 0.0956 e. The van der Waals surface area contributed by atoms with Crippen molar-refractivity contribution in [3.05, 3.63) is 40.8 Å². The number of nitrogens with zero attached hydrogens (tertiary/aromatic N) is 2. The minimum Gasteiger partial charge on any atom is -0.396 e. The Morgan fingerprint density at radius 3 is 3.12 bits per heavy atom. The zero-order chi connectivity index (χ0) is 11.1. The van der Waals surface area contributed by atoms with E-state index in [2.05, 4.69) is 31.5 Å². The molecule has 0 bridgehead atoms. The van der Waals surface area contributed by atoms with Crippen molar-refractivity contribution in [2.24, 2.45) is 0 Å². The van der Waals surface area contributed by atoms with Crippen LogP contribution in [0.1, 0.15) is 18.0 Å². The van der Waals surface area contributed by atoms with Crippen molar-refractivity contribution in [2.75, 3.05) is 6.61 Å². The Hall–Kier alpha value is -1.13. The number of hydrogen-bond donors (Lipinski definition) is 1. The molecule has 82 valence electrons. The molecule has 16 heavy (non-hydrogen) atoms. The van der Waals surface area contributed by atoms with E-state index in [1.54, 1.807) is 0 Å². The fourth-order valence-electron chi connectivity index (χ4n) is 2.41. The van der Waals surface area contributed by atoms with E-state index in [0.29, 0.717) is 0 Å². The van der Waals surface area contributed by atoms with E-state index in [1.807, 2.05) is 24.7 Å². The lowest BCUT2D eigenvalue weighted by Crippen LogP contribution is -2.07. The van der Waals surface area contributed by atoms with Gasteiger partial charge in [0.15, 0.2) is 0 Å². The first-order valence-corrected chi connectivity index (χ1v) is 6.03. The van der Waals surface area contributed by atoms with Gasteiger partial charge in [0.2, 0.25) is 0 Å². The highest BCUT2D eigenvalue weighted by molar-refractivity contribution is 9.10. The van der Waals surface area contributed by atoms with Crippen molar-refractivity contribution < 1.29 is 5.11 Å². The first-order valence-electron chi connectivity index (χ1n) is 5.24. The maximum atomic E-state index is 9.16. The van der Waals surface area contributed by atoms with Gasteiger partial charge in [-0.25, -0.2) is 4.98 Å². The average molecular weight is 279 g/mol. The van der Waals surface area contributed by atoms with E-state index in [4.69, 9.17) is 5.11 Å². The number of aliphatic hydroxyl groups excluding tert-OH is 1. The van der Waals surface area contributed by atoms with Crippen molar-refractivity contribution in [1.29, 1.82) is 0 Å². The Morgan fingerprint density at radius 1 is 1.44 bits per heavy atom. The largest absolute Gasteiger partial charge is 0.396 e. The van der Waals surface area contributed by atoms with Gasteiger partial charge < -0.3 is 9.67 Å². The summed E-state index contributed by atoms with van der Waals surface area (Å²) in [4.78, 5) is 4.17. The maximum Gasteiger partial charge on any atom is 0.0956 e. The highest BCUT2D eigenvalue weighted by Crippen LogP contribution is 2.44. The summed E-state index contributed by atoms with van der Waals surface area (Å²) in [5, 5.41) is 9.16. The van der Waals surface area contributed by atoms with Gasteiger partial charge >= 0.3 is 0 Å². The van der Waals surface area contributed by atoms with Crippen LogP contribution in [-0.2, 0) is 0 Å². The lowest BCUT2D eigenvalue weighted by Gasteiger charge is -2.14. The summed E-state index contributed by atoms with van der Waals surface area (Å²) in [6.07, 6.45) is 4.43. The van der Waals surface area contributed by atoms with Crippen LogP contribution < -0.4 is 0 Å². The van der Waals surface area contributed by atoms with Gasteiger partial charge in [0.25, 0.3) is 0 Å². The molecular formula is C12H11BrN2O. The number of halogens is 1. The molecule has 0 saturated heterocycles. The molecule has 1 aliphatic heterocycles. The molecule has 1 unspecified atom stereocenters. The Morgan fingerprint density at radius 2 is 2.31 bits per heavy atom. The average Bonchev–Trinajstić information content (AvgIpc) is 2.83. The third-order valence-corrected chi connectivity index (χ3v) is 3.76. The number of aromatic nitrogens is 2. The molecule has 0 aliphatic carbocycles. The van der Waals surface area contributed by atoms with Crippen LogP contribution in [0.5, 0.6) is 0 Å². The van der Waals surface area contributed by atoms with Gasteiger partial charge in [-0.1, -0.05) is 28.1 Å². The quantitative estimate of drug-likeness (QED) is 0.917. The van der Waals surface area contributed by atoms with Gasteiger partial charge in [-0.05, 0) is 18.1 Å². The molecule has 2 aromatic rings. The molecule has 1 aromatic carbocycles. The minimum absolute atomic E-state index is 0.184. The maximum absolute atomic E-state index is 9.16. The normalized spacial score (nSPS) is 17.2. The number of imidazole rings is 1. The SMILES string of the molecule is OCCC1c2c(Br)cccc2-c2cncn21. The van der Waals surface area contributed by atoms with Crippen LogP contribution >= 0.6 is 15.9 Å². The van der Waals surface area contributed by atoms with E-state index in [-0.39, 0.29) is 12.6 Å². The summed E-state index contributed by atoms with van der Waals surface area (Å²) < 4.78 is 3.23. The van der Waals surface area contributed by atoms with Crippen molar-refractivity contribution in [1.82, 2.24) is 9.55 Å². The number of fused-ring (bicyclic) bond motifs is 3. The van der Waals surface area contributed by atoms with Gasteiger partial charge in [-0.2, -0.15) is 0 Å². The van der Waals surface area contributed by atoms with Gasteiger partial charge in [0.05, 0.1) is 24.3 Å². The minimum atomic E-state index is 0.184. The molecule has 3 rings (SSSR count). The van der Waals surface area contributed by atoms with E-state index >= 15 is 0 Å². The van der Waals surface area contributed by atoms with Crippen molar-refractivity contribution >= 4 is 15.9 Å². The van der Waals surface area contributed by atoms with Crippen LogP contribution in [0.3, 0.4) is 0 Å². The molecule has 1 N–H and O–H groups in total. The van der Waals surface area contributed by atoms with Gasteiger partial charge in [-0.15, -0.1) is 0 Å². The number of aliphatic hydroxyl groups is 1.